The van der Waals surface area contributed by atoms with Crippen LogP contribution < -0.4 is 14.8 Å². The number of methoxy groups -OCH3 is 2. The first kappa shape index (κ1) is 20.7. The Morgan fingerprint density at radius 1 is 1.03 bits per heavy atom. The van der Waals surface area contributed by atoms with Crippen molar-refractivity contribution in [3.63, 3.8) is 0 Å². The highest BCUT2D eigenvalue weighted by Crippen LogP contribution is 2.27. The van der Waals surface area contributed by atoms with E-state index in [2.05, 4.69) is 5.32 Å². The number of piperidine rings is 1. The van der Waals surface area contributed by atoms with E-state index in [4.69, 9.17) is 9.47 Å². The number of nitrogens with zero attached hydrogens (tertiary/aromatic N) is 1. The summed E-state index contributed by atoms with van der Waals surface area (Å²) in [5.41, 5.74) is 2.71. The first-order chi connectivity index (χ1) is 14.0. The monoisotopic (exact) mass is 396 g/mol. The molecule has 1 saturated heterocycles. The first-order valence-corrected chi connectivity index (χ1v) is 9.86. The fourth-order valence-electron chi connectivity index (χ4n) is 3.58. The largest absolute Gasteiger partial charge is 0.497 e. The predicted octanol–water partition coefficient (Wildman–Crippen LogP) is 3.43. The summed E-state index contributed by atoms with van der Waals surface area (Å²) < 4.78 is 10.5. The van der Waals surface area contributed by atoms with E-state index >= 15 is 0 Å². The molecule has 2 aromatic carbocycles. The topological polar surface area (TPSA) is 67.9 Å². The van der Waals surface area contributed by atoms with Gasteiger partial charge in [-0.2, -0.15) is 0 Å². The lowest BCUT2D eigenvalue weighted by atomic mass is 9.95. The molecule has 6 heteroatoms. The summed E-state index contributed by atoms with van der Waals surface area (Å²) in [4.78, 5) is 27.1. The van der Waals surface area contributed by atoms with Crippen molar-refractivity contribution < 1.29 is 19.1 Å². The third-order valence-corrected chi connectivity index (χ3v) is 5.35. The van der Waals surface area contributed by atoms with Crippen LogP contribution in [-0.4, -0.2) is 44.0 Å². The minimum Gasteiger partial charge on any atom is -0.497 e. The molecule has 1 N–H and O–H groups in total. The van der Waals surface area contributed by atoms with Crippen LogP contribution in [0.15, 0.2) is 42.5 Å². The SMILES string of the molecule is COc1ccc(CC(=O)N2CCC(C(=O)Nc3cc(C)ccc3OC)CC2)cc1. The number of carbonyl (C=O) groups is 2. The third kappa shape index (κ3) is 5.28. The number of amides is 2. The van der Waals surface area contributed by atoms with Crippen LogP contribution in [0.25, 0.3) is 0 Å². The Labute approximate surface area is 171 Å². The standard InChI is InChI=1S/C23H28N2O4/c1-16-4-9-21(29-3)20(14-16)24-23(27)18-10-12-25(13-11-18)22(26)15-17-5-7-19(28-2)8-6-17/h4-9,14,18H,10-13,15H2,1-3H3,(H,24,27). The molecule has 1 fully saturated rings. The molecule has 3 rings (SSSR count). The molecule has 0 spiro atoms. The molecule has 154 valence electrons. The van der Waals surface area contributed by atoms with Crippen LogP contribution in [0.3, 0.4) is 0 Å². The molecule has 0 aromatic heterocycles. The van der Waals surface area contributed by atoms with Crippen molar-refractivity contribution in [2.75, 3.05) is 32.6 Å². The number of anilines is 1. The fourth-order valence-corrected chi connectivity index (χ4v) is 3.58. The van der Waals surface area contributed by atoms with Crippen LogP contribution in [0.1, 0.15) is 24.0 Å². The number of benzene rings is 2. The molecular weight excluding hydrogens is 368 g/mol. The van der Waals surface area contributed by atoms with Gasteiger partial charge in [0.1, 0.15) is 11.5 Å². The molecule has 0 bridgehead atoms. The molecule has 0 unspecified atom stereocenters. The number of hydrogen-bond acceptors (Lipinski definition) is 4. The molecule has 0 radical (unpaired) electrons. The summed E-state index contributed by atoms with van der Waals surface area (Å²) in [7, 11) is 3.21. The second kappa shape index (κ2) is 9.45. The quantitative estimate of drug-likeness (QED) is 0.812. The maximum atomic E-state index is 12.7. The smallest absolute Gasteiger partial charge is 0.227 e. The van der Waals surface area contributed by atoms with E-state index in [0.717, 1.165) is 16.9 Å². The van der Waals surface area contributed by atoms with Gasteiger partial charge in [-0.05, 0) is 55.2 Å². The summed E-state index contributed by atoms with van der Waals surface area (Å²) >= 11 is 0. The van der Waals surface area contributed by atoms with Crippen LogP contribution in [0.5, 0.6) is 11.5 Å². The zero-order valence-electron chi connectivity index (χ0n) is 17.2. The van der Waals surface area contributed by atoms with Gasteiger partial charge < -0.3 is 19.7 Å². The minimum atomic E-state index is -0.106. The number of likely N-dealkylation sites (tertiary alicyclic amines) is 1. The van der Waals surface area contributed by atoms with Crippen LogP contribution in [0.2, 0.25) is 0 Å². The van der Waals surface area contributed by atoms with Crippen LogP contribution >= 0.6 is 0 Å². The predicted molar refractivity (Wildman–Crippen MR) is 112 cm³/mol. The van der Waals surface area contributed by atoms with Crippen molar-refractivity contribution in [1.82, 2.24) is 4.90 Å². The normalized spacial score (nSPS) is 14.4. The van der Waals surface area contributed by atoms with E-state index in [1.165, 1.54) is 0 Å². The van der Waals surface area contributed by atoms with Crippen molar-refractivity contribution in [2.45, 2.75) is 26.2 Å². The van der Waals surface area contributed by atoms with Gasteiger partial charge in [-0.25, -0.2) is 0 Å². The summed E-state index contributed by atoms with van der Waals surface area (Å²) in [5.74, 6) is 1.39. The number of nitrogens with one attached hydrogen (secondary N) is 1. The lowest BCUT2D eigenvalue weighted by Crippen LogP contribution is -2.42. The van der Waals surface area contributed by atoms with Crippen molar-refractivity contribution in [3.05, 3.63) is 53.6 Å². The van der Waals surface area contributed by atoms with Crippen LogP contribution in [0.4, 0.5) is 5.69 Å². The summed E-state index contributed by atoms with van der Waals surface area (Å²) in [5, 5.41) is 2.99. The van der Waals surface area contributed by atoms with Gasteiger partial charge in [0.25, 0.3) is 0 Å². The highest BCUT2D eigenvalue weighted by molar-refractivity contribution is 5.94. The van der Waals surface area contributed by atoms with E-state index < -0.39 is 0 Å². The average Bonchev–Trinajstić information content (AvgIpc) is 2.74. The highest BCUT2D eigenvalue weighted by Gasteiger charge is 2.27. The Morgan fingerprint density at radius 3 is 2.34 bits per heavy atom. The Balaban J connectivity index is 1.52. The second-order valence-electron chi connectivity index (χ2n) is 7.37. The molecule has 6 nitrogen and oxygen atoms in total. The Bertz CT molecular complexity index is 856. The van der Waals surface area contributed by atoms with E-state index in [1.54, 1.807) is 14.2 Å². The van der Waals surface area contributed by atoms with Crippen LogP contribution in [0, 0.1) is 12.8 Å². The first-order valence-electron chi connectivity index (χ1n) is 9.86. The van der Waals surface area contributed by atoms with Gasteiger partial charge in [-0.1, -0.05) is 18.2 Å². The van der Waals surface area contributed by atoms with Crippen molar-refractivity contribution in [3.8, 4) is 11.5 Å². The minimum absolute atomic E-state index is 0.0175. The molecular formula is C23H28N2O4. The van der Waals surface area contributed by atoms with E-state index in [1.807, 2.05) is 54.3 Å². The third-order valence-electron chi connectivity index (χ3n) is 5.35. The van der Waals surface area contributed by atoms with Gasteiger partial charge in [-0.15, -0.1) is 0 Å². The Kier molecular flexibility index (Phi) is 6.75. The molecule has 1 heterocycles. The van der Waals surface area contributed by atoms with Gasteiger partial charge in [0.2, 0.25) is 11.8 Å². The molecule has 0 saturated carbocycles. The maximum Gasteiger partial charge on any atom is 0.227 e. The van der Waals surface area contributed by atoms with E-state index in [9.17, 15) is 9.59 Å². The molecule has 1 aliphatic rings. The van der Waals surface area contributed by atoms with Crippen molar-refractivity contribution >= 4 is 17.5 Å². The molecule has 1 aliphatic heterocycles. The zero-order valence-corrected chi connectivity index (χ0v) is 17.2. The number of hydrogen-bond donors (Lipinski definition) is 1. The second-order valence-corrected chi connectivity index (χ2v) is 7.37. The number of carbonyl (C=O) groups excluding carboxylic acids is 2. The van der Waals surface area contributed by atoms with Gasteiger partial charge in [0, 0.05) is 19.0 Å². The molecule has 0 aliphatic carbocycles. The molecule has 0 atom stereocenters. The van der Waals surface area contributed by atoms with Crippen molar-refractivity contribution in [2.24, 2.45) is 5.92 Å². The van der Waals surface area contributed by atoms with Gasteiger partial charge in [-0.3, -0.25) is 9.59 Å². The number of aryl methyl sites for hydroxylation is 1. The number of rotatable bonds is 6. The Hall–Kier alpha value is -3.02. The molecule has 29 heavy (non-hydrogen) atoms. The fraction of sp³-hybridized carbons (Fsp3) is 0.391. The maximum absolute atomic E-state index is 12.7. The summed E-state index contributed by atoms with van der Waals surface area (Å²) in [6, 6.07) is 13.2. The Morgan fingerprint density at radius 2 is 1.72 bits per heavy atom. The molecule has 2 aromatic rings. The van der Waals surface area contributed by atoms with E-state index in [-0.39, 0.29) is 17.7 Å². The van der Waals surface area contributed by atoms with Crippen LogP contribution in [-0.2, 0) is 16.0 Å². The van der Waals surface area contributed by atoms with Crippen molar-refractivity contribution in [1.29, 1.82) is 0 Å². The van der Waals surface area contributed by atoms with Gasteiger partial charge in [0.05, 0.1) is 26.3 Å². The summed E-state index contributed by atoms with van der Waals surface area (Å²) in [6.07, 6.45) is 1.68. The summed E-state index contributed by atoms with van der Waals surface area (Å²) in [6.45, 7) is 3.16. The van der Waals surface area contributed by atoms with Gasteiger partial charge >= 0.3 is 0 Å². The highest BCUT2D eigenvalue weighted by atomic mass is 16.5. The van der Waals surface area contributed by atoms with Gasteiger partial charge in [0.15, 0.2) is 0 Å². The lowest BCUT2D eigenvalue weighted by Gasteiger charge is -2.31. The lowest BCUT2D eigenvalue weighted by molar-refractivity contribution is -0.133. The molecule has 2 amide bonds. The number of ether oxygens (including phenoxy) is 2. The van der Waals surface area contributed by atoms with E-state index in [0.29, 0.717) is 43.8 Å². The zero-order chi connectivity index (χ0) is 20.8. The average molecular weight is 396 g/mol.